The zero-order valence-electron chi connectivity index (χ0n) is 8.71. The Morgan fingerprint density at radius 3 is 2.38 bits per heavy atom. The number of benzene rings is 1. The summed E-state index contributed by atoms with van der Waals surface area (Å²) >= 11 is 0. The Morgan fingerprint density at radius 2 is 1.88 bits per heavy atom. The van der Waals surface area contributed by atoms with Crippen LogP contribution in [0.15, 0.2) is 36.4 Å². The number of nitrogens with one attached hydrogen (secondary N) is 1. The number of hydrogen-bond acceptors (Lipinski definition) is 2. The van der Waals surface area contributed by atoms with E-state index in [2.05, 4.69) is 10.1 Å². The second-order valence-corrected chi connectivity index (χ2v) is 3.02. The summed E-state index contributed by atoms with van der Waals surface area (Å²) in [4.78, 5) is 0. The number of ether oxygens (including phenoxy) is 1. The third kappa shape index (κ3) is 4.72. The SMILES string of the molecule is C/C=C/CNc1ccc(OC(F)(F)F)cc1. The van der Waals surface area contributed by atoms with E-state index in [1.165, 1.54) is 24.3 Å². The van der Waals surface area contributed by atoms with Gasteiger partial charge in [0.1, 0.15) is 5.75 Å². The van der Waals surface area contributed by atoms with Crippen LogP contribution in [0.25, 0.3) is 0 Å². The smallest absolute Gasteiger partial charge is 0.406 e. The summed E-state index contributed by atoms with van der Waals surface area (Å²) in [5, 5.41) is 3.01. The van der Waals surface area contributed by atoms with Crippen molar-refractivity contribution in [3.63, 3.8) is 0 Å². The first-order valence-corrected chi connectivity index (χ1v) is 4.72. The summed E-state index contributed by atoms with van der Waals surface area (Å²) in [6.45, 7) is 2.53. The highest BCUT2D eigenvalue weighted by molar-refractivity contribution is 5.46. The molecule has 0 spiro atoms. The average Bonchev–Trinajstić information content (AvgIpc) is 2.19. The zero-order valence-corrected chi connectivity index (χ0v) is 8.71. The van der Waals surface area contributed by atoms with Crippen LogP contribution in [0.1, 0.15) is 6.92 Å². The minimum absolute atomic E-state index is 0.218. The van der Waals surface area contributed by atoms with E-state index in [0.717, 1.165) is 5.69 Å². The molecule has 0 saturated carbocycles. The molecule has 1 N–H and O–H groups in total. The van der Waals surface area contributed by atoms with Crippen LogP contribution in [0.3, 0.4) is 0 Å². The lowest BCUT2D eigenvalue weighted by molar-refractivity contribution is -0.274. The maximum Gasteiger partial charge on any atom is 0.573 e. The Labute approximate surface area is 91.7 Å². The van der Waals surface area contributed by atoms with Crippen LogP contribution in [-0.4, -0.2) is 12.9 Å². The summed E-state index contributed by atoms with van der Waals surface area (Å²) in [7, 11) is 0. The van der Waals surface area contributed by atoms with E-state index in [4.69, 9.17) is 0 Å². The van der Waals surface area contributed by atoms with E-state index in [1.54, 1.807) is 0 Å². The van der Waals surface area contributed by atoms with E-state index in [0.29, 0.717) is 6.54 Å². The summed E-state index contributed by atoms with van der Waals surface area (Å²) in [5.74, 6) is -0.218. The lowest BCUT2D eigenvalue weighted by Crippen LogP contribution is -2.17. The second-order valence-electron chi connectivity index (χ2n) is 3.02. The zero-order chi connectivity index (χ0) is 12.0. The van der Waals surface area contributed by atoms with Crippen LogP contribution in [0, 0.1) is 0 Å². The van der Waals surface area contributed by atoms with Crippen molar-refractivity contribution in [3.8, 4) is 5.75 Å². The molecule has 1 aromatic carbocycles. The van der Waals surface area contributed by atoms with Gasteiger partial charge >= 0.3 is 6.36 Å². The molecule has 0 amide bonds. The van der Waals surface area contributed by atoms with Gasteiger partial charge in [-0.1, -0.05) is 12.2 Å². The molecule has 0 bridgehead atoms. The monoisotopic (exact) mass is 231 g/mol. The predicted molar refractivity (Wildman–Crippen MR) is 56.4 cm³/mol. The van der Waals surface area contributed by atoms with E-state index in [1.807, 2.05) is 19.1 Å². The lowest BCUT2D eigenvalue weighted by Gasteiger charge is -2.09. The number of allylic oxidation sites excluding steroid dienone is 1. The normalized spacial score (nSPS) is 11.8. The van der Waals surface area contributed by atoms with Gasteiger partial charge in [-0.05, 0) is 31.2 Å². The molecule has 1 rings (SSSR count). The number of hydrogen-bond donors (Lipinski definition) is 1. The molecule has 0 unspecified atom stereocenters. The molecule has 88 valence electrons. The fourth-order valence-electron chi connectivity index (χ4n) is 1.07. The van der Waals surface area contributed by atoms with Gasteiger partial charge in [0, 0.05) is 12.2 Å². The van der Waals surface area contributed by atoms with Gasteiger partial charge in [-0.15, -0.1) is 13.2 Å². The molecule has 0 aliphatic rings. The van der Waals surface area contributed by atoms with Crippen molar-refractivity contribution in [3.05, 3.63) is 36.4 Å². The largest absolute Gasteiger partial charge is 0.573 e. The van der Waals surface area contributed by atoms with Crippen LogP contribution < -0.4 is 10.1 Å². The van der Waals surface area contributed by atoms with Crippen molar-refractivity contribution in [1.29, 1.82) is 0 Å². The summed E-state index contributed by atoms with van der Waals surface area (Å²) in [5.41, 5.74) is 0.743. The minimum Gasteiger partial charge on any atom is -0.406 e. The van der Waals surface area contributed by atoms with Crippen molar-refractivity contribution in [1.82, 2.24) is 0 Å². The first-order chi connectivity index (χ1) is 7.51. The molecule has 0 aromatic heterocycles. The quantitative estimate of drug-likeness (QED) is 0.800. The van der Waals surface area contributed by atoms with Crippen LogP contribution >= 0.6 is 0 Å². The molecule has 1 aromatic rings. The standard InChI is InChI=1S/C11H12F3NO/c1-2-3-8-15-9-4-6-10(7-5-9)16-11(12,13)14/h2-7,15H,8H2,1H3/b3-2+. The molecule has 5 heteroatoms. The van der Waals surface area contributed by atoms with E-state index < -0.39 is 6.36 Å². The first-order valence-electron chi connectivity index (χ1n) is 4.72. The summed E-state index contributed by atoms with van der Waals surface area (Å²) in [6, 6.07) is 5.60. The van der Waals surface area contributed by atoms with Crippen LogP contribution in [0.2, 0.25) is 0 Å². The van der Waals surface area contributed by atoms with Gasteiger partial charge in [0.25, 0.3) is 0 Å². The van der Waals surface area contributed by atoms with Crippen molar-refractivity contribution in [2.75, 3.05) is 11.9 Å². The van der Waals surface area contributed by atoms with E-state index in [-0.39, 0.29) is 5.75 Å². The van der Waals surface area contributed by atoms with Crippen molar-refractivity contribution in [2.45, 2.75) is 13.3 Å². The fourth-order valence-corrected chi connectivity index (χ4v) is 1.07. The third-order valence-electron chi connectivity index (χ3n) is 1.75. The van der Waals surface area contributed by atoms with Gasteiger partial charge in [-0.25, -0.2) is 0 Å². The van der Waals surface area contributed by atoms with Gasteiger partial charge in [-0.2, -0.15) is 0 Å². The molecular weight excluding hydrogens is 219 g/mol. The Bertz CT molecular complexity index is 343. The molecule has 0 aliphatic heterocycles. The maximum absolute atomic E-state index is 11.8. The highest BCUT2D eigenvalue weighted by Gasteiger charge is 2.30. The highest BCUT2D eigenvalue weighted by atomic mass is 19.4. The molecule has 0 heterocycles. The molecule has 2 nitrogen and oxygen atoms in total. The first kappa shape index (κ1) is 12.4. The number of rotatable bonds is 4. The molecule has 0 aliphatic carbocycles. The lowest BCUT2D eigenvalue weighted by atomic mass is 10.3. The topological polar surface area (TPSA) is 21.3 Å². The van der Waals surface area contributed by atoms with Gasteiger partial charge in [0.2, 0.25) is 0 Å². The summed E-state index contributed by atoms with van der Waals surface area (Å²) < 4.78 is 39.3. The van der Waals surface area contributed by atoms with Crippen molar-refractivity contribution < 1.29 is 17.9 Å². The molecule has 16 heavy (non-hydrogen) atoms. The average molecular weight is 231 g/mol. The number of halogens is 3. The molecule has 0 radical (unpaired) electrons. The van der Waals surface area contributed by atoms with Gasteiger partial charge in [0.15, 0.2) is 0 Å². The Hall–Kier alpha value is -1.65. The van der Waals surface area contributed by atoms with Crippen LogP contribution in [0.4, 0.5) is 18.9 Å². The van der Waals surface area contributed by atoms with Crippen molar-refractivity contribution in [2.24, 2.45) is 0 Å². The Morgan fingerprint density at radius 1 is 1.25 bits per heavy atom. The summed E-state index contributed by atoms with van der Waals surface area (Å²) in [6.07, 6.45) is -0.853. The maximum atomic E-state index is 11.8. The molecular formula is C11H12F3NO. The fraction of sp³-hybridized carbons (Fsp3) is 0.273. The van der Waals surface area contributed by atoms with Gasteiger partial charge in [-0.3, -0.25) is 0 Å². The molecule has 0 saturated heterocycles. The van der Waals surface area contributed by atoms with E-state index in [9.17, 15) is 13.2 Å². The predicted octanol–water partition coefficient (Wildman–Crippen LogP) is 3.57. The van der Waals surface area contributed by atoms with Crippen molar-refractivity contribution >= 4 is 5.69 Å². The Balaban J connectivity index is 2.54. The third-order valence-corrected chi connectivity index (χ3v) is 1.75. The molecule has 0 atom stereocenters. The minimum atomic E-state index is -4.64. The number of alkyl halides is 3. The van der Waals surface area contributed by atoms with E-state index >= 15 is 0 Å². The van der Waals surface area contributed by atoms with Crippen LogP contribution in [-0.2, 0) is 0 Å². The molecule has 0 fully saturated rings. The van der Waals surface area contributed by atoms with Gasteiger partial charge < -0.3 is 10.1 Å². The highest BCUT2D eigenvalue weighted by Crippen LogP contribution is 2.23. The second kappa shape index (κ2) is 5.44. The van der Waals surface area contributed by atoms with Gasteiger partial charge in [0.05, 0.1) is 0 Å². The number of anilines is 1. The van der Waals surface area contributed by atoms with Crippen LogP contribution in [0.5, 0.6) is 5.75 Å². The Kier molecular flexibility index (Phi) is 4.22.